The molecule has 0 saturated heterocycles. The molecule has 5 N–H and O–H groups in total. The minimum Gasteiger partial charge on any atom is -0.394 e. The molecular formula is C23H25N5O. The van der Waals surface area contributed by atoms with Crippen molar-refractivity contribution in [3.8, 4) is 0 Å². The first-order chi connectivity index (χ1) is 14.0. The molecule has 29 heavy (non-hydrogen) atoms. The molecule has 1 heterocycles. The maximum absolute atomic E-state index is 13.0. The number of carbonyl (C=O) groups excluding carboxylic acids is 1. The maximum atomic E-state index is 13.0. The van der Waals surface area contributed by atoms with Crippen molar-refractivity contribution in [2.24, 2.45) is 5.73 Å². The van der Waals surface area contributed by atoms with Crippen molar-refractivity contribution < 1.29 is 4.79 Å². The van der Waals surface area contributed by atoms with Crippen molar-refractivity contribution in [3.05, 3.63) is 94.8 Å². The van der Waals surface area contributed by atoms with Crippen LogP contribution in [0.2, 0.25) is 0 Å². The van der Waals surface area contributed by atoms with Crippen LogP contribution in [0.15, 0.2) is 78.1 Å². The van der Waals surface area contributed by atoms with Gasteiger partial charge in [0.2, 0.25) is 0 Å². The zero-order valence-electron chi connectivity index (χ0n) is 16.4. The van der Waals surface area contributed by atoms with E-state index in [-0.39, 0.29) is 23.2 Å². The maximum Gasteiger partial charge on any atom is 0.270 e. The summed E-state index contributed by atoms with van der Waals surface area (Å²) >= 11 is 0. The van der Waals surface area contributed by atoms with Gasteiger partial charge in [0, 0.05) is 38.5 Å². The molecule has 1 atom stereocenters. The fourth-order valence-electron chi connectivity index (χ4n) is 3.56. The molecule has 2 aromatic rings. The van der Waals surface area contributed by atoms with Crippen molar-refractivity contribution in [3.63, 3.8) is 0 Å². The van der Waals surface area contributed by atoms with Crippen LogP contribution in [-0.2, 0) is 11.3 Å². The molecular weight excluding hydrogens is 362 g/mol. The quantitative estimate of drug-likeness (QED) is 0.452. The lowest BCUT2D eigenvalue weighted by molar-refractivity contribution is -0.128. The summed E-state index contributed by atoms with van der Waals surface area (Å²) in [6.45, 7) is 0.871. The van der Waals surface area contributed by atoms with Gasteiger partial charge in [-0.2, -0.15) is 0 Å². The van der Waals surface area contributed by atoms with Gasteiger partial charge in [0.25, 0.3) is 5.91 Å². The molecule has 0 aliphatic carbocycles. The van der Waals surface area contributed by atoms with Crippen LogP contribution in [0.3, 0.4) is 0 Å². The number of amides is 1. The Morgan fingerprint density at radius 2 is 1.86 bits per heavy atom. The summed E-state index contributed by atoms with van der Waals surface area (Å²) in [7, 11) is 1.79. The highest BCUT2D eigenvalue weighted by Crippen LogP contribution is 2.33. The SMILES string of the molecule is CN/C=C(\C=N)C1CN(C(=O)/C(N)=C/C(=N)c2ccccc2)Cc2ccccc21. The van der Waals surface area contributed by atoms with Crippen LogP contribution in [0.5, 0.6) is 0 Å². The molecule has 0 aromatic heterocycles. The Morgan fingerprint density at radius 3 is 2.55 bits per heavy atom. The molecule has 2 aromatic carbocycles. The van der Waals surface area contributed by atoms with E-state index in [0.717, 1.165) is 16.7 Å². The minimum absolute atomic E-state index is 0.0333. The van der Waals surface area contributed by atoms with Crippen LogP contribution in [0.1, 0.15) is 22.6 Å². The van der Waals surface area contributed by atoms with E-state index < -0.39 is 0 Å². The second-order valence-corrected chi connectivity index (χ2v) is 6.89. The van der Waals surface area contributed by atoms with Gasteiger partial charge in [-0.3, -0.25) is 4.79 Å². The van der Waals surface area contributed by atoms with Crippen molar-refractivity contribution in [1.29, 1.82) is 10.8 Å². The number of fused-ring (bicyclic) bond motifs is 1. The van der Waals surface area contributed by atoms with Gasteiger partial charge in [-0.15, -0.1) is 0 Å². The second kappa shape index (κ2) is 9.01. The Hall–Kier alpha value is -3.67. The number of carbonyl (C=O) groups is 1. The molecule has 0 saturated carbocycles. The van der Waals surface area contributed by atoms with Crippen LogP contribution in [0.4, 0.5) is 0 Å². The summed E-state index contributed by atoms with van der Waals surface area (Å²) in [5.41, 5.74) is 9.94. The molecule has 1 unspecified atom stereocenters. The number of nitrogens with two attached hydrogens (primary N) is 1. The van der Waals surface area contributed by atoms with Gasteiger partial charge in [0.05, 0.1) is 11.4 Å². The first-order valence-electron chi connectivity index (χ1n) is 9.41. The van der Waals surface area contributed by atoms with Gasteiger partial charge in [0.15, 0.2) is 0 Å². The standard InChI is InChI=1S/C23H25N5O/c1-27-13-18(12-24)20-15-28(14-17-9-5-6-10-19(17)20)23(29)22(26)11-21(25)16-7-3-2-4-8-16/h2-13,20,24-25,27H,14-15,26H2,1H3/b18-13+,22-11-,24-12?,25-21?. The molecule has 6 heteroatoms. The van der Waals surface area contributed by atoms with E-state index in [9.17, 15) is 4.79 Å². The zero-order valence-corrected chi connectivity index (χ0v) is 16.4. The largest absolute Gasteiger partial charge is 0.394 e. The first-order valence-corrected chi connectivity index (χ1v) is 9.41. The molecule has 0 spiro atoms. The Bertz CT molecular complexity index is 978. The fourth-order valence-corrected chi connectivity index (χ4v) is 3.56. The van der Waals surface area contributed by atoms with E-state index in [1.54, 1.807) is 18.1 Å². The van der Waals surface area contributed by atoms with Crippen LogP contribution in [-0.4, -0.2) is 36.3 Å². The average molecular weight is 387 g/mol. The van der Waals surface area contributed by atoms with Crippen LogP contribution >= 0.6 is 0 Å². The number of rotatable bonds is 6. The lowest BCUT2D eigenvalue weighted by Crippen LogP contribution is -2.41. The third kappa shape index (κ3) is 4.43. The summed E-state index contributed by atoms with van der Waals surface area (Å²) < 4.78 is 0. The monoisotopic (exact) mass is 387 g/mol. The van der Waals surface area contributed by atoms with Crippen LogP contribution < -0.4 is 11.1 Å². The zero-order chi connectivity index (χ0) is 20.8. The first kappa shape index (κ1) is 20.1. The van der Waals surface area contributed by atoms with E-state index in [0.29, 0.717) is 18.7 Å². The molecule has 0 radical (unpaired) electrons. The summed E-state index contributed by atoms with van der Waals surface area (Å²) in [6.07, 6.45) is 4.51. The molecule has 0 fully saturated rings. The fraction of sp³-hybridized carbons (Fsp3) is 0.174. The number of allylic oxidation sites excluding steroid dienone is 1. The smallest absolute Gasteiger partial charge is 0.270 e. The predicted molar refractivity (Wildman–Crippen MR) is 116 cm³/mol. The minimum atomic E-state index is -0.307. The molecule has 148 valence electrons. The van der Waals surface area contributed by atoms with Gasteiger partial charge in [-0.05, 0) is 28.3 Å². The van der Waals surface area contributed by atoms with Gasteiger partial charge < -0.3 is 26.8 Å². The molecule has 6 nitrogen and oxygen atoms in total. The van der Waals surface area contributed by atoms with Gasteiger partial charge in [0.1, 0.15) is 0 Å². The van der Waals surface area contributed by atoms with Crippen molar-refractivity contribution >= 4 is 17.8 Å². The number of benzene rings is 2. The highest BCUT2D eigenvalue weighted by molar-refractivity contribution is 6.10. The van der Waals surface area contributed by atoms with Crippen LogP contribution in [0.25, 0.3) is 0 Å². The molecule has 1 amide bonds. The second-order valence-electron chi connectivity index (χ2n) is 6.89. The van der Waals surface area contributed by atoms with E-state index in [1.807, 2.05) is 54.6 Å². The predicted octanol–water partition coefficient (Wildman–Crippen LogP) is 2.78. The highest BCUT2D eigenvalue weighted by atomic mass is 16.2. The van der Waals surface area contributed by atoms with Crippen LogP contribution in [0, 0.1) is 10.8 Å². The van der Waals surface area contributed by atoms with Gasteiger partial charge >= 0.3 is 0 Å². The number of hydrogen-bond acceptors (Lipinski definition) is 5. The lowest BCUT2D eigenvalue weighted by Gasteiger charge is -2.35. The van der Waals surface area contributed by atoms with Gasteiger partial charge in [-0.1, -0.05) is 54.6 Å². The van der Waals surface area contributed by atoms with E-state index in [4.69, 9.17) is 16.6 Å². The third-order valence-electron chi connectivity index (χ3n) is 4.99. The summed E-state index contributed by atoms with van der Waals surface area (Å²) in [5, 5.41) is 19.0. The number of hydrogen-bond donors (Lipinski definition) is 4. The van der Waals surface area contributed by atoms with E-state index in [2.05, 4.69) is 5.32 Å². The molecule has 3 rings (SSSR count). The highest BCUT2D eigenvalue weighted by Gasteiger charge is 2.30. The van der Waals surface area contributed by atoms with Crippen molar-refractivity contribution in [2.75, 3.05) is 13.6 Å². The third-order valence-corrected chi connectivity index (χ3v) is 4.99. The lowest BCUT2D eigenvalue weighted by atomic mass is 9.85. The normalized spacial score (nSPS) is 16.7. The topological polar surface area (TPSA) is 106 Å². The Labute approximate surface area is 170 Å². The summed E-state index contributed by atoms with van der Waals surface area (Å²) in [5.74, 6) is -0.422. The van der Waals surface area contributed by atoms with E-state index >= 15 is 0 Å². The van der Waals surface area contributed by atoms with Gasteiger partial charge in [-0.25, -0.2) is 0 Å². The summed E-state index contributed by atoms with van der Waals surface area (Å²) in [6, 6.07) is 17.1. The average Bonchev–Trinajstić information content (AvgIpc) is 2.76. The Kier molecular flexibility index (Phi) is 6.24. The molecule has 1 aliphatic heterocycles. The summed E-state index contributed by atoms with van der Waals surface area (Å²) in [4.78, 5) is 14.7. The Balaban J connectivity index is 1.88. The number of nitrogens with zero attached hydrogens (tertiary/aromatic N) is 1. The Morgan fingerprint density at radius 1 is 1.17 bits per heavy atom. The van der Waals surface area contributed by atoms with E-state index in [1.165, 1.54) is 12.3 Å². The van der Waals surface area contributed by atoms with Crippen molar-refractivity contribution in [2.45, 2.75) is 12.5 Å². The number of nitrogens with one attached hydrogen (secondary N) is 3. The molecule has 0 bridgehead atoms. The molecule has 1 aliphatic rings. The van der Waals surface area contributed by atoms with Crippen molar-refractivity contribution in [1.82, 2.24) is 10.2 Å².